The summed E-state index contributed by atoms with van der Waals surface area (Å²) in [5.74, 6) is 0.234. The normalized spacial score (nSPS) is 12.6. The van der Waals surface area contributed by atoms with Crippen molar-refractivity contribution in [1.82, 2.24) is 5.32 Å². The number of sulfonamides is 1. The van der Waals surface area contributed by atoms with Gasteiger partial charge < -0.3 is 10.1 Å². The molecule has 1 amide bonds. The number of anilines is 1. The topological polar surface area (TPSA) is 75.7 Å². The van der Waals surface area contributed by atoms with Crippen LogP contribution in [0.25, 0.3) is 0 Å². The van der Waals surface area contributed by atoms with E-state index in [1.807, 2.05) is 32.9 Å². The smallest absolute Gasteiger partial charge is 0.264 e. The summed E-state index contributed by atoms with van der Waals surface area (Å²) in [5.41, 5.74) is 3.52. The molecule has 192 valence electrons. The first-order valence-electron chi connectivity index (χ1n) is 12.1. The zero-order valence-electron chi connectivity index (χ0n) is 21.9. The molecular formula is C29H36N2O4S. The van der Waals surface area contributed by atoms with Crippen molar-refractivity contribution in [3.8, 4) is 5.75 Å². The lowest BCUT2D eigenvalue weighted by molar-refractivity contribution is -0.120. The highest BCUT2D eigenvalue weighted by atomic mass is 32.2. The molecule has 3 rings (SSSR count). The van der Waals surface area contributed by atoms with Crippen LogP contribution in [-0.2, 0) is 20.2 Å². The number of nitrogens with zero attached hydrogens (tertiary/aromatic N) is 1. The highest BCUT2D eigenvalue weighted by Crippen LogP contribution is 2.27. The average Bonchev–Trinajstić information content (AvgIpc) is 2.83. The van der Waals surface area contributed by atoms with E-state index in [0.29, 0.717) is 18.0 Å². The van der Waals surface area contributed by atoms with Crippen LogP contribution in [0.4, 0.5) is 5.69 Å². The molecule has 0 saturated heterocycles. The molecule has 7 heteroatoms. The van der Waals surface area contributed by atoms with E-state index in [9.17, 15) is 13.2 Å². The number of nitrogens with one attached hydrogen (secondary N) is 1. The first kappa shape index (κ1) is 27.3. The van der Waals surface area contributed by atoms with Crippen LogP contribution in [0.2, 0.25) is 0 Å². The summed E-state index contributed by atoms with van der Waals surface area (Å²) >= 11 is 0. The van der Waals surface area contributed by atoms with Crippen molar-refractivity contribution in [2.24, 2.45) is 0 Å². The Morgan fingerprint density at radius 1 is 0.944 bits per heavy atom. The fraction of sp³-hybridized carbons (Fsp3) is 0.345. The Morgan fingerprint density at radius 2 is 1.53 bits per heavy atom. The van der Waals surface area contributed by atoms with E-state index in [0.717, 1.165) is 15.4 Å². The summed E-state index contributed by atoms with van der Waals surface area (Å²) in [6.45, 7) is 12.3. The van der Waals surface area contributed by atoms with Gasteiger partial charge in [0, 0.05) is 0 Å². The van der Waals surface area contributed by atoms with Crippen LogP contribution in [0.5, 0.6) is 5.75 Å². The minimum Gasteiger partial charge on any atom is -0.494 e. The predicted octanol–water partition coefficient (Wildman–Crippen LogP) is 5.76. The quantitative estimate of drug-likeness (QED) is 0.398. The summed E-state index contributed by atoms with van der Waals surface area (Å²) in [5, 5.41) is 2.95. The molecule has 3 aromatic carbocycles. The molecule has 0 aliphatic rings. The lowest BCUT2D eigenvalue weighted by atomic mass is 9.86. The maximum absolute atomic E-state index is 13.6. The van der Waals surface area contributed by atoms with Gasteiger partial charge in [-0.05, 0) is 73.7 Å². The summed E-state index contributed by atoms with van der Waals surface area (Å²) in [6, 6.07) is 21.1. The standard InChI is InChI=1S/C29H36N2O4S/c1-7-35-26-16-14-25(15-17-26)31(36(33,34)27-18-8-21(2)9-19-27)20-28(32)30-22(3)23-10-12-24(13-11-23)29(4,5)6/h8-19,22H,7,20H2,1-6H3,(H,30,32)/t22-/m1/s1. The second-order valence-corrected chi connectivity index (χ2v) is 11.8. The van der Waals surface area contributed by atoms with Gasteiger partial charge in [0.05, 0.1) is 23.2 Å². The summed E-state index contributed by atoms with van der Waals surface area (Å²) in [6.07, 6.45) is 0. The molecule has 0 radical (unpaired) electrons. The van der Waals surface area contributed by atoms with Gasteiger partial charge >= 0.3 is 0 Å². The van der Waals surface area contributed by atoms with Crippen molar-refractivity contribution < 1.29 is 17.9 Å². The van der Waals surface area contributed by atoms with E-state index < -0.39 is 15.9 Å². The first-order valence-corrected chi connectivity index (χ1v) is 13.6. The van der Waals surface area contributed by atoms with Gasteiger partial charge in [0.25, 0.3) is 10.0 Å². The number of benzene rings is 3. The third kappa shape index (κ3) is 6.66. The molecule has 1 atom stereocenters. The Hall–Kier alpha value is -3.32. The molecular weight excluding hydrogens is 472 g/mol. The molecule has 0 aliphatic heterocycles. The molecule has 0 bridgehead atoms. The fourth-order valence-electron chi connectivity index (χ4n) is 3.80. The third-order valence-corrected chi connectivity index (χ3v) is 7.77. The monoisotopic (exact) mass is 508 g/mol. The minimum atomic E-state index is -3.98. The molecule has 0 aromatic heterocycles. The second-order valence-electron chi connectivity index (χ2n) is 9.91. The number of rotatable bonds is 9. The van der Waals surface area contributed by atoms with Crippen LogP contribution in [-0.4, -0.2) is 27.5 Å². The summed E-state index contributed by atoms with van der Waals surface area (Å²) in [4.78, 5) is 13.2. The molecule has 6 nitrogen and oxygen atoms in total. The molecule has 0 unspecified atom stereocenters. The van der Waals surface area contributed by atoms with E-state index in [4.69, 9.17) is 4.74 Å². The van der Waals surface area contributed by atoms with Gasteiger partial charge in [0.1, 0.15) is 12.3 Å². The van der Waals surface area contributed by atoms with E-state index >= 15 is 0 Å². The molecule has 0 aliphatic carbocycles. The summed E-state index contributed by atoms with van der Waals surface area (Å²) < 4.78 is 33.8. The van der Waals surface area contributed by atoms with Gasteiger partial charge in [0.2, 0.25) is 5.91 Å². The number of amides is 1. The zero-order valence-corrected chi connectivity index (χ0v) is 22.7. The average molecular weight is 509 g/mol. The van der Waals surface area contributed by atoms with Gasteiger partial charge in [0.15, 0.2) is 0 Å². The van der Waals surface area contributed by atoms with Crippen molar-refractivity contribution in [1.29, 1.82) is 0 Å². The van der Waals surface area contributed by atoms with Crippen LogP contribution in [0, 0.1) is 6.92 Å². The van der Waals surface area contributed by atoms with Gasteiger partial charge in [-0.15, -0.1) is 0 Å². The minimum absolute atomic E-state index is 0.0353. The van der Waals surface area contributed by atoms with Crippen molar-refractivity contribution in [2.45, 2.75) is 57.9 Å². The fourth-order valence-corrected chi connectivity index (χ4v) is 5.22. The Morgan fingerprint density at radius 3 is 2.06 bits per heavy atom. The Kier molecular flexibility index (Phi) is 8.46. The number of aryl methyl sites for hydroxylation is 1. The van der Waals surface area contributed by atoms with Gasteiger partial charge in [-0.2, -0.15) is 0 Å². The van der Waals surface area contributed by atoms with E-state index in [2.05, 4.69) is 38.2 Å². The zero-order chi connectivity index (χ0) is 26.5. The number of carbonyl (C=O) groups excluding carboxylic acids is 1. The number of ether oxygens (including phenoxy) is 1. The van der Waals surface area contributed by atoms with Crippen molar-refractivity contribution in [3.05, 3.63) is 89.5 Å². The molecule has 0 spiro atoms. The molecule has 3 aromatic rings. The molecule has 0 heterocycles. The Labute approximate surface area is 215 Å². The maximum Gasteiger partial charge on any atom is 0.264 e. The van der Waals surface area contributed by atoms with Gasteiger partial charge in [-0.1, -0.05) is 62.7 Å². The first-order chi connectivity index (χ1) is 16.9. The summed E-state index contributed by atoms with van der Waals surface area (Å²) in [7, 11) is -3.98. The van der Waals surface area contributed by atoms with E-state index in [1.165, 1.54) is 5.56 Å². The van der Waals surface area contributed by atoms with Crippen LogP contribution < -0.4 is 14.4 Å². The van der Waals surface area contributed by atoms with Gasteiger partial charge in [-0.25, -0.2) is 8.42 Å². The van der Waals surface area contributed by atoms with Gasteiger partial charge in [-0.3, -0.25) is 9.10 Å². The van der Waals surface area contributed by atoms with Crippen LogP contribution in [0.3, 0.4) is 0 Å². The second kappa shape index (κ2) is 11.2. The Bertz CT molecular complexity index is 1260. The number of carbonyl (C=O) groups is 1. The molecule has 36 heavy (non-hydrogen) atoms. The maximum atomic E-state index is 13.6. The third-order valence-electron chi connectivity index (χ3n) is 5.99. The van der Waals surface area contributed by atoms with Crippen LogP contribution >= 0.6 is 0 Å². The van der Waals surface area contributed by atoms with E-state index in [1.54, 1.807) is 48.5 Å². The lowest BCUT2D eigenvalue weighted by Crippen LogP contribution is -2.41. The SMILES string of the molecule is CCOc1ccc(N(CC(=O)N[C@H](C)c2ccc(C(C)(C)C)cc2)S(=O)(=O)c2ccc(C)cc2)cc1. The highest BCUT2D eigenvalue weighted by Gasteiger charge is 2.28. The number of hydrogen-bond donors (Lipinski definition) is 1. The highest BCUT2D eigenvalue weighted by molar-refractivity contribution is 7.92. The molecule has 1 N–H and O–H groups in total. The number of hydrogen-bond acceptors (Lipinski definition) is 4. The largest absolute Gasteiger partial charge is 0.494 e. The van der Waals surface area contributed by atoms with Crippen LogP contribution in [0.1, 0.15) is 57.4 Å². The lowest BCUT2D eigenvalue weighted by Gasteiger charge is -2.25. The van der Waals surface area contributed by atoms with Crippen molar-refractivity contribution in [2.75, 3.05) is 17.5 Å². The Balaban J connectivity index is 1.85. The van der Waals surface area contributed by atoms with Crippen molar-refractivity contribution >= 4 is 21.6 Å². The molecule has 0 saturated carbocycles. The molecule has 0 fully saturated rings. The van der Waals surface area contributed by atoms with Crippen LogP contribution in [0.15, 0.2) is 77.7 Å². The predicted molar refractivity (Wildman–Crippen MR) is 145 cm³/mol. The van der Waals surface area contributed by atoms with Crippen molar-refractivity contribution in [3.63, 3.8) is 0 Å². The van der Waals surface area contributed by atoms with E-state index in [-0.39, 0.29) is 22.9 Å².